The van der Waals surface area contributed by atoms with Gasteiger partial charge in [-0.15, -0.1) is 0 Å². The maximum atomic E-state index is 12.4. The molecule has 1 atom stereocenters. The van der Waals surface area contributed by atoms with Gasteiger partial charge < -0.3 is 15.2 Å². The molecule has 1 unspecified atom stereocenters. The van der Waals surface area contributed by atoms with E-state index in [1.165, 1.54) is 24.3 Å². The number of nitrogens with one attached hydrogen (secondary N) is 2. The van der Waals surface area contributed by atoms with Crippen molar-refractivity contribution in [1.29, 1.82) is 0 Å². The standard InChI is InChI=1S/C17H24N2O6S/c1-12(2)10-18-26(23,24)14-5-3-13(4-6-14)16(22)19-17(9-15(20)21)7-8-25-11-17/h3-6,12,18H,7-11H2,1-2H3,(H,19,22)(H,20,21). The maximum Gasteiger partial charge on any atom is 0.305 e. The number of hydrogen-bond acceptors (Lipinski definition) is 5. The fourth-order valence-electron chi connectivity index (χ4n) is 2.64. The Balaban J connectivity index is 2.10. The minimum absolute atomic E-state index is 0.0687. The van der Waals surface area contributed by atoms with E-state index in [1.807, 2.05) is 13.8 Å². The van der Waals surface area contributed by atoms with Gasteiger partial charge in [-0.05, 0) is 36.6 Å². The highest BCUT2D eigenvalue weighted by molar-refractivity contribution is 7.89. The van der Waals surface area contributed by atoms with Crippen molar-refractivity contribution in [2.45, 2.75) is 37.1 Å². The summed E-state index contributed by atoms with van der Waals surface area (Å²) in [6.45, 7) is 4.64. The molecule has 0 spiro atoms. The van der Waals surface area contributed by atoms with E-state index < -0.39 is 27.4 Å². The fourth-order valence-corrected chi connectivity index (χ4v) is 3.85. The third-order valence-corrected chi connectivity index (χ3v) is 5.52. The first-order valence-corrected chi connectivity index (χ1v) is 9.84. The topological polar surface area (TPSA) is 122 Å². The smallest absolute Gasteiger partial charge is 0.305 e. The van der Waals surface area contributed by atoms with E-state index in [2.05, 4.69) is 10.0 Å². The molecular weight excluding hydrogens is 360 g/mol. The molecule has 144 valence electrons. The Labute approximate surface area is 153 Å². The largest absolute Gasteiger partial charge is 0.481 e. The Morgan fingerprint density at radius 2 is 1.92 bits per heavy atom. The van der Waals surface area contributed by atoms with Crippen LogP contribution in [-0.4, -0.2) is 50.7 Å². The van der Waals surface area contributed by atoms with E-state index in [4.69, 9.17) is 9.84 Å². The number of hydrogen-bond donors (Lipinski definition) is 3. The summed E-state index contributed by atoms with van der Waals surface area (Å²) < 4.78 is 32.1. The molecule has 0 saturated carbocycles. The van der Waals surface area contributed by atoms with E-state index in [-0.39, 0.29) is 29.4 Å². The van der Waals surface area contributed by atoms with Crippen molar-refractivity contribution in [3.8, 4) is 0 Å². The van der Waals surface area contributed by atoms with E-state index in [1.54, 1.807) is 0 Å². The minimum Gasteiger partial charge on any atom is -0.481 e. The second-order valence-electron chi connectivity index (χ2n) is 6.88. The first kappa shape index (κ1) is 20.3. The van der Waals surface area contributed by atoms with Gasteiger partial charge in [0.15, 0.2) is 0 Å². The summed E-state index contributed by atoms with van der Waals surface area (Å²) in [6.07, 6.45) is 0.181. The first-order valence-electron chi connectivity index (χ1n) is 8.35. The predicted octanol–water partition coefficient (Wildman–Crippen LogP) is 0.985. The molecule has 1 aromatic carbocycles. The summed E-state index contributed by atoms with van der Waals surface area (Å²) in [7, 11) is -3.63. The van der Waals surface area contributed by atoms with Gasteiger partial charge in [0, 0.05) is 18.7 Å². The quantitative estimate of drug-likeness (QED) is 0.614. The van der Waals surface area contributed by atoms with Gasteiger partial charge in [-0.1, -0.05) is 13.8 Å². The Bertz CT molecular complexity index is 752. The van der Waals surface area contributed by atoms with Crippen LogP contribution in [0.25, 0.3) is 0 Å². The number of benzene rings is 1. The lowest BCUT2D eigenvalue weighted by Gasteiger charge is -2.27. The Kier molecular flexibility index (Phi) is 6.38. The van der Waals surface area contributed by atoms with Crippen molar-refractivity contribution in [3.05, 3.63) is 29.8 Å². The number of ether oxygens (including phenoxy) is 1. The normalized spacial score (nSPS) is 20.3. The Morgan fingerprint density at radius 3 is 2.42 bits per heavy atom. The number of carbonyl (C=O) groups excluding carboxylic acids is 1. The molecule has 0 aliphatic carbocycles. The van der Waals surface area contributed by atoms with Crippen molar-refractivity contribution in [2.24, 2.45) is 5.92 Å². The van der Waals surface area contributed by atoms with Gasteiger partial charge >= 0.3 is 5.97 Å². The number of rotatable bonds is 8. The van der Waals surface area contributed by atoms with Crippen molar-refractivity contribution in [2.75, 3.05) is 19.8 Å². The summed E-state index contributed by atoms with van der Waals surface area (Å²) in [4.78, 5) is 23.6. The fraction of sp³-hybridized carbons (Fsp3) is 0.529. The van der Waals surface area contributed by atoms with Crippen LogP contribution in [0.1, 0.15) is 37.0 Å². The number of sulfonamides is 1. The molecule has 2 rings (SSSR count). The van der Waals surface area contributed by atoms with E-state index in [0.29, 0.717) is 19.6 Å². The molecule has 0 radical (unpaired) electrons. The highest BCUT2D eigenvalue weighted by atomic mass is 32.2. The highest BCUT2D eigenvalue weighted by Gasteiger charge is 2.38. The van der Waals surface area contributed by atoms with Gasteiger partial charge in [-0.25, -0.2) is 13.1 Å². The van der Waals surface area contributed by atoms with Crippen LogP contribution in [0.2, 0.25) is 0 Å². The first-order chi connectivity index (χ1) is 12.1. The lowest BCUT2D eigenvalue weighted by atomic mass is 9.94. The van der Waals surface area contributed by atoms with Crippen LogP contribution >= 0.6 is 0 Å². The molecular formula is C17H24N2O6S. The van der Waals surface area contributed by atoms with Crippen LogP contribution in [0.5, 0.6) is 0 Å². The molecule has 0 bridgehead atoms. The average Bonchev–Trinajstić information content (AvgIpc) is 3.00. The molecule has 1 fully saturated rings. The van der Waals surface area contributed by atoms with Crippen LogP contribution in [-0.2, 0) is 19.6 Å². The average molecular weight is 384 g/mol. The third kappa shape index (κ3) is 5.26. The van der Waals surface area contributed by atoms with Gasteiger partial charge in [0.05, 0.1) is 23.5 Å². The van der Waals surface area contributed by atoms with Crippen molar-refractivity contribution >= 4 is 21.9 Å². The summed E-state index contributed by atoms with van der Waals surface area (Å²) in [5.41, 5.74) is -0.684. The van der Waals surface area contributed by atoms with Crippen molar-refractivity contribution in [1.82, 2.24) is 10.0 Å². The summed E-state index contributed by atoms with van der Waals surface area (Å²) in [5, 5.41) is 11.8. The van der Waals surface area contributed by atoms with Crippen LogP contribution < -0.4 is 10.0 Å². The second kappa shape index (κ2) is 8.15. The monoisotopic (exact) mass is 384 g/mol. The number of carbonyl (C=O) groups is 2. The highest BCUT2D eigenvalue weighted by Crippen LogP contribution is 2.23. The van der Waals surface area contributed by atoms with Crippen molar-refractivity contribution in [3.63, 3.8) is 0 Å². The number of aliphatic carboxylic acids is 1. The summed E-state index contributed by atoms with van der Waals surface area (Å²) in [5.74, 6) is -1.31. The SMILES string of the molecule is CC(C)CNS(=O)(=O)c1ccc(C(=O)NC2(CC(=O)O)CCOC2)cc1. The molecule has 1 aromatic rings. The van der Waals surface area contributed by atoms with Crippen LogP contribution in [0.3, 0.4) is 0 Å². The van der Waals surface area contributed by atoms with Crippen LogP contribution in [0.4, 0.5) is 0 Å². The number of carboxylic acid groups (broad SMARTS) is 1. The molecule has 3 N–H and O–H groups in total. The summed E-state index contributed by atoms with van der Waals surface area (Å²) in [6, 6.07) is 5.52. The molecule has 9 heteroatoms. The van der Waals surface area contributed by atoms with Crippen LogP contribution in [0.15, 0.2) is 29.2 Å². The van der Waals surface area contributed by atoms with Crippen molar-refractivity contribution < 1.29 is 27.9 Å². The zero-order valence-corrected chi connectivity index (χ0v) is 15.6. The third-order valence-electron chi connectivity index (χ3n) is 4.08. The minimum atomic E-state index is -3.63. The lowest BCUT2D eigenvalue weighted by molar-refractivity contribution is -0.138. The van der Waals surface area contributed by atoms with E-state index in [9.17, 15) is 18.0 Å². The predicted molar refractivity (Wildman–Crippen MR) is 94.4 cm³/mol. The van der Waals surface area contributed by atoms with Gasteiger partial charge in [0.25, 0.3) is 5.91 Å². The molecule has 1 saturated heterocycles. The van der Waals surface area contributed by atoms with Gasteiger partial charge in [-0.2, -0.15) is 0 Å². The number of amides is 1. The second-order valence-corrected chi connectivity index (χ2v) is 8.64. The molecule has 1 amide bonds. The lowest BCUT2D eigenvalue weighted by Crippen LogP contribution is -2.50. The zero-order valence-electron chi connectivity index (χ0n) is 14.8. The summed E-state index contributed by atoms with van der Waals surface area (Å²) >= 11 is 0. The molecule has 1 aliphatic rings. The molecule has 1 heterocycles. The van der Waals surface area contributed by atoms with Crippen LogP contribution in [0, 0.1) is 5.92 Å². The molecule has 0 aromatic heterocycles. The van der Waals surface area contributed by atoms with E-state index in [0.717, 1.165) is 0 Å². The van der Waals surface area contributed by atoms with Gasteiger partial charge in [0.2, 0.25) is 10.0 Å². The van der Waals surface area contributed by atoms with E-state index >= 15 is 0 Å². The Morgan fingerprint density at radius 1 is 1.27 bits per heavy atom. The molecule has 8 nitrogen and oxygen atoms in total. The van der Waals surface area contributed by atoms with Gasteiger partial charge in [-0.3, -0.25) is 9.59 Å². The Hall–Kier alpha value is -1.97. The maximum absolute atomic E-state index is 12.4. The molecule has 26 heavy (non-hydrogen) atoms. The molecule has 1 aliphatic heterocycles. The van der Waals surface area contributed by atoms with Gasteiger partial charge in [0.1, 0.15) is 0 Å². The number of carboxylic acids is 1. The zero-order chi connectivity index (χ0) is 19.4.